The van der Waals surface area contributed by atoms with Crippen LogP contribution in [0.5, 0.6) is 5.75 Å². The highest BCUT2D eigenvalue weighted by Crippen LogP contribution is 2.22. The van der Waals surface area contributed by atoms with Gasteiger partial charge in [0.2, 0.25) is 0 Å². The number of hydrogen-bond acceptors (Lipinski definition) is 4. The highest BCUT2D eigenvalue weighted by Gasteiger charge is 2.06. The Balaban J connectivity index is 1.44. The quantitative estimate of drug-likeness (QED) is 0.139. The van der Waals surface area contributed by atoms with Crippen LogP contribution in [-0.2, 0) is 14.3 Å². The van der Waals surface area contributed by atoms with Crippen molar-refractivity contribution in [1.82, 2.24) is 0 Å². The summed E-state index contributed by atoms with van der Waals surface area (Å²) in [4.78, 5) is 23.8. The number of rotatable bonds is 17. The molecule has 0 unspecified atom stereocenters. The van der Waals surface area contributed by atoms with Crippen molar-refractivity contribution in [3.8, 4) is 16.9 Å². The molecule has 4 heteroatoms. The highest BCUT2D eigenvalue weighted by atomic mass is 16.5. The lowest BCUT2D eigenvalue weighted by Crippen LogP contribution is -2.07. The minimum Gasteiger partial charge on any atom is -0.466 e. The van der Waals surface area contributed by atoms with Crippen molar-refractivity contribution >= 4 is 11.9 Å². The molecule has 0 atom stereocenters. The maximum Gasteiger partial charge on any atom is 0.311 e. The van der Waals surface area contributed by atoms with E-state index in [2.05, 4.69) is 19.1 Å². The maximum absolute atomic E-state index is 12.1. The van der Waals surface area contributed by atoms with Crippen molar-refractivity contribution < 1.29 is 19.1 Å². The van der Waals surface area contributed by atoms with Gasteiger partial charge in [0.1, 0.15) is 5.75 Å². The van der Waals surface area contributed by atoms with E-state index in [0.29, 0.717) is 25.2 Å². The summed E-state index contributed by atoms with van der Waals surface area (Å²) >= 11 is 0. The average molecular weight is 453 g/mol. The minimum absolute atomic E-state index is 0.0648. The van der Waals surface area contributed by atoms with Crippen molar-refractivity contribution in [2.75, 3.05) is 6.61 Å². The predicted octanol–water partition coefficient (Wildman–Crippen LogP) is 7.89. The number of esters is 2. The first-order valence-corrected chi connectivity index (χ1v) is 12.7. The van der Waals surface area contributed by atoms with E-state index in [1.807, 2.05) is 42.5 Å². The Morgan fingerprint density at radius 2 is 1.15 bits per heavy atom. The van der Waals surface area contributed by atoms with Crippen molar-refractivity contribution in [2.24, 2.45) is 0 Å². The molecule has 0 spiro atoms. The number of ether oxygens (including phenoxy) is 2. The smallest absolute Gasteiger partial charge is 0.311 e. The van der Waals surface area contributed by atoms with Crippen molar-refractivity contribution in [3.05, 3.63) is 54.6 Å². The van der Waals surface area contributed by atoms with E-state index < -0.39 is 0 Å². The SMILES string of the molecule is CCCCCCCOC(=O)CCCCCCCCC(=O)Oc1ccc(-c2ccccc2)cc1. The number of carbonyl (C=O) groups excluding carboxylic acids is 2. The molecule has 180 valence electrons. The van der Waals surface area contributed by atoms with Crippen LogP contribution in [0.4, 0.5) is 0 Å². The molecule has 0 aliphatic rings. The summed E-state index contributed by atoms with van der Waals surface area (Å²) in [5, 5.41) is 0. The Bertz CT molecular complexity index is 783. The van der Waals surface area contributed by atoms with Gasteiger partial charge in [-0.2, -0.15) is 0 Å². The van der Waals surface area contributed by atoms with Gasteiger partial charge < -0.3 is 9.47 Å². The maximum atomic E-state index is 12.1. The molecule has 2 rings (SSSR count). The van der Waals surface area contributed by atoms with E-state index in [9.17, 15) is 9.59 Å². The standard InChI is InChI=1S/C29H40O4/c1-2-3-4-9-15-24-32-28(30)18-13-7-5-6-8-14-19-29(31)33-27-22-20-26(21-23-27)25-16-11-10-12-17-25/h10-12,16-17,20-23H,2-9,13-15,18-19,24H2,1H3. The third-order valence-electron chi connectivity index (χ3n) is 5.72. The van der Waals surface area contributed by atoms with Gasteiger partial charge in [-0.1, -0.05) is 101 Å². The summed E-state index contributed by atoms with van der Waals surface area (Å²) in [5.74, 6) is 0.345. The molecule has 0 aromatic heterocycles. The van der Waals surface area contributed by atoms with Crippen LogP contribution in [0.3, 0.4) is 0 Å². The fourth-order valence-electron chi connectivity index (χ4n) is 3.74. The van der Waals surface area contributed by atoms with Crippen LogP contribution in [0, 0.1) is 0 Å². The average Bonchev–Trinajstić information content (AvgIpc) is 2.84. The Morgan fingerprint density at radius 3 is 1.82 bits per heavy atom. The number of benzene rings is 2. The van der Waals surface area contributed by atoms with E-state index in [1.54, 1.807) is 0 Å². The van der Waals surface area contributed by atoms with Crippen LogP contribution in [0.1, 0.15) is 90.4 Å². The molecule has 0 N–H and O–H groups in total. The molecule has 33 heavy (non-hydrogen) atoms. The number of carbonyl (C=O) groups is 2. The van der Waals surface area contributed by atoms with Gasteiger partial charge in [0.15, 0.2) is 0 Å². The largest absolute Gasteiger partial charge is 0.466 e. The molecule has 0 heterocycles. The van der Waals surface area contributed by atoms with E-state index in [-0.39, 0.29) is 11.9 Å². The van der Waals surface area contributed by atoms with Gasteiger partial charge in [0.25, 0.3) is 0 Å². The van der Waals surface area contributed by atoms with E-state index >= 15 is 0 Å². The highest BCUT2D eigenvalue weighted by molar-refractivity contribution is 5.73. The van der Waals surface area contributed by atoms with Crippen LogP contribution in [0.25, 0.3) is 11.1 Å². The molecule has 0 amide bonds. The van der Waals surface area contributed by atoms with Crippen molar-refractivity contribution in [3.63, 3.8) is 0 Å². The van der Waals surface area contributed by atoms with Gasteiger partial charge >= 0.3 is 11.9 Å². The number of unbranched alkanes of at least 4 members (excludes halogenated alkanes) is 9. The topological polar surface area (TPSA) is 52.6 Å². The third-order valence-corrected chi connectivity index (χ3v) is 5.72. The summed E-state index contributed by atoms with van der Waals surface area (Å²) in [5.41, 5.74) is 2.25. The molecule has 0 aliphatic carbocycles. The lowest BCUT2D eigenvalue weighted by atomic mass is 10.1. The Morgan fingerprint density at radius 1 is 0.606 bits per heavy atom. The molecule has 0 aliphatic heterocycles. The summed E-state index contributed by atoms with van der Waals surface area (Å²) in [6.45, 7) is 2.76. The third kappa shape index (κ3) is 12.3. The molecule has 2 aromatic rings. The summed E-state index contributed by atoms with van der Waals surface area (Å²) in [7, 11) is 0. The second-order valence-electron chi connectivity index (χ2n) is 8.62. The summed E-state index contributed by atoms with van der Waals surface area (Å²) < 4.78 is 10.7. The molecule has 0 saturated heterocycles. The molecule has 0 bridgehead atoms. The lowest BCUT2D eigenvalue weighted by molar-refractivity contribution is -0.144. The lowest BCUT2D eigenvalue weighted by Gasteiger charge is -2.06. The van der Waals surface area contributed by atoms with Crippen molar-refractivity contribution in [2.45, 2.75) is 90.4 Å². The van der Waals surface area contributed by atoms with Crippen LogP contribution in [0.15, 0.2) is 54.6 Å². The van der Waals surface area contributed by atoms with E-state index in [1.165, 1.54) is 19.3 Å². The fraction of sp³-hybridized carbons (Fsp3) is 0.517. The first kappa shape index (κ1) is 26.6. The van der Waals surface area contributed by atoms with Crippen LogP contribution in [0.2, 0.25) is 0 Å². The van der Waals surface area contributed by atoms with E-state index in [0.717, 1.165) is 62.5 Å². The molecule has 0 saturated carbocycles. The monoisotopic (exact) mass is 452 g/mol. The first-order chi connectivity index (χ1) is 16.2. The fourth-order valence-corrected chi connectivity index (χ4v) is 3.74. The minimum atomic E-state index is -0.181. The summed E-state index contributed by atoms with van der Waals surface area (Å²) in [6, 6.07) is 17.8. The Labute approximate surface area is 199 Å². The van der Waals surface area contributed by atoms with Gasteiger partial charge in [0.05, 0.1) is 6.61 Å². The van der Waals surface area contributed by atoms with Gasteiger partial charge in [0, 0.05) is 12.8 Å². The molecule has 0 radical (unpaired) electrons. The van der Waals surface area contributed by atoms with Gasteiger partial charge in [-0.05, 0) is 42.5 Å². The molecule has 4 nitrogen and oxygen atoms in total. The second-order valence-corrected chi connectivity index (χ2v) is 8.62. The zero-order valence-corrected chi connectivity index (χ0v) is 20.2. The first-order valence-electron chi connectivity index (χ1n) is 12.7. The zero-order valence-electron chi connectivity index (χ0n) is 20.2. The Hall–Kier alpha value is -2.62. The zero-order chi connectivity index (χ0) is 23.6. The van der Waals surface area contributed by atoms with Crippen LogP contribution in [-0.4, -0.2) is 18.5 Å². The van der Waals surface area contributed by atoms with Crippen LogP contribution >= 0.6 is 0 Å². The van der Waals surface area contributed by atoms with E-state index in [4.69, 9.17) is 9.47 Å². The summed E-state index contributed by atoms with van der Waals surface area (Å²) in [6.07, 6.45) is 12.7. The Kier molecular flexibility index (Phi) is 13.7. The molecule has 2 aromatic carbocycles. The van der Waals surface area contributed by atoms with Gasteiger partial charge in [-0.3, -0.25) is 9.59 Å². The molecular formula is C29H40O4. The predicted molar refractivity (Wildman–Crippen MR) is 134 cm³/mol. The van der Waals surface area contributed by atoms with Crippen molar-refractivity contribution in [1.29, 1.82) is 0 Å². The normalized spacial score (nSPS) is 10.7. The van der Waals surface area contributed by atoms with Crippen LogP contribution < -0.4 is 4.74 Å². The number of hydrogen-bond donors (Lipinski definition) is 0. The molecular weight excluding hydrogens is 412 g/mol. The van der Waals surface area contributed by atoms with Gasteiger partial charge in [-0.15, -0.1) is 0 Å². The van der Waals surface area contributed by atoms with Gasteiger partial charge in [-0.25, -0.2) is 0 Å². The molecule has 0 fully saturated rings. The second kappa shape index (κ2) is 16.9.